The Morgan fingerprint density at radius 1 is 1.58 bits per heavy atom. The summed E-state index contributed by atoms with van der Waals surface area (Å²) in [7, 11) is 0. The zero-order valence-corrected chi connectivity index (χ0v) is 6.14. The number of nitrogens with one attached hydrogen (secondary N) is 1. The third-order valence-electron chi connectivity index (χ3n) is 0.960. The van der Waals surface area contributed by atoms with Gasteiger partial charge in [-0.3, -0.25) is 0 Å². The van der Waals surface area contributed by atoms with Crippen LogP contribution in [0.4, 0.5) is 4.79 Å². The Balaban J connectivity index is 2.54. The maximum atomic E-state index is 10.8. The first-order valence-electron chi connectivity index (χ1n) is 3.07. The fraction of sp³-hybridized carbons (Fsp3) is 0. The molecule has 7 nitrogen and oxygen atoms in total. The highest BCUT2D eigenvalue weighted by Gasteiger charge is 1.96. The number of nitrogens with two attached hydrogens (primary N) is 2. The minimum Gasteiger partial charge on any atom is -0.370 e. The second-order valence-corrected chi connectivity index (χ2v) is 1.92. The van der Waals surface area contributed by atoms with E-state index < -0.39 is 6.03 Å². The Morgan fingerprint density at radius 3 is 2.83 bits per heavy atom. The zero-order chi connectivity index (χ0) is 8.97. The molecular formula is C5H8N6O. The first kappa shape index (κ1) is 8.05. The maximum Gasteiger partial charge on any atom is 0.363 e. The highest BCUT2D eigenvalue weighted by molar-refractivity contribution is 5.94. The molecule has 0 unspecified atom stereocenters. The van der Waals surface area contributed by atoms with Crippen molar-refractivity contribution < 1.29 is 4.79 Å². The summed E-state index contributed by atoms with van der Waals surface area (Å²) in [4.78, 5) is 17.7. The van der Waals surface area contributed by atoms with E-state index in [9.17, 15) is 4.79 Å². The van der Waals surface area contributed by atoms with Crippen molar-refractivity contribution in [3.8, 4) is 0 Å². The SMILES string of the molecule is NC(N)=NC(=O)Nn1ccnc1. The number of urea groups is 1. The van der Waals surface area contributed by atoms with E-state index in [0.717, 1.165) is 0 Å². The van der Waals surface area contributed by atoms with Gasteiger partial charge in [0.1, 0.15) is 6.33 Å². The molecule has 0 saturated carbocycles. The molecule has 64 valence electrons. The van der Waals surface area contributed by atoms with Crippen molar-refractivity contribution in [3.63, 3.8) is 0 Å². The van der Waals surface area contributed by atoms with Gasteiger partial charge in [-0.05, 0) is 0 Å². The molecule has 0 bridgehead atoms. The van der Waals surface area contributed by atoms with E-state index in [1.807, 2.05) is 0 Å². The van der Waals surface area contributed by atoms with E-state index in [2.05, 4.69) is 15.4 Å². The molecule has 0 radical (unpaired) electrons. The van der Waals surface area contributed by atoms with Crippen molar-refractivity contribution in [3.05, 3.63) is 18.7 Å². The number of aromatic nitrogens is 2. The minimum absolute atomic E-state index is 0.285. The summed E-state index contributed by atoms with van der Waals surface area (Å²) in [5.74, 6) is -0.285. The molecule has 0 aliphatic rings. The van der Waals surface area contributed by atoms with Crippen LogP contribution in [-0.2, 0) is 0 Å². The van der Waals surface area contributed by atoms with Crippen LogP contribution < -0.4 is 16.9 Å². The standard InChI is InChI=1S/C5H8N6O/c6-4(7)9-5(12)10-11-2-1-8-3-11/h1-3H,(H5,6,7,9,10,12). The third kappa shape index (κ3) is 2.29. The van der Waals surface area contributed by atoms with E-state index in [4.69, 9.17) is 11.5 Å². The fourth-order valence-corrected chi connectivity index (χ4v) is 0.578. The van der Waals surface area contributed by atoms with Crippen molar-refractivity contribution in [1.82, 2.24) is 9.66 Å². The number of rotatable bonds is 1. The Bertz CT molecular complexity index is 285. The molecule has 0 fully saturated rings. The number of carbonyl (C=O) groups excluding carboxylic acids is 1. The second kappa shape index (κ2) is 3.37. The fourth-order valence-electron chi connectivity index (χ4n) is 0.578. The van der Waals surface area contributed by atoms with Crippen LogP contribution in [0.2, 0.25) is 0 Å². The largest absolute Gasteiger partial charge is 0.370 e. The van der Waals surface area contributed by atoms with Crippen molar-refractivity contribution in [1.29, 1.82) is 0 Å². The van der Waals surface area contributed by atoms with Gasteiger partial charge in [0.15, 0.2) is 5.96 Å². The Labute approximate surface area is 68.1 Å². The molecular weight excluding hydrogens is 160 g/mol. The lowest BCUT2D eigenvalue weighted by molar-refractivity contribution is 0.257. The van der Waals surface area contributed by atoms with Gasteiger partial charge in [0.25, 0.3) is 0 Å². The third-order valence-corrected chi connectivity index (χ3v) is 0.960. The highest BCUT2D eigenvalue weighted by Crippen LogP contribution is 1.81. The number of aliphatic imine (C=N–C) groups is 1. The molecule has 1 heterocycles. The number of hydrogen-bond acceptors (Lipinski definition) is 2. The first-order chi connectivity index (χ1) is 5.68. The molecule has 1 aromatic heterocycles. The van der Waals surface area contributed by atoms with Gasteiger partial charge in [-0.25, -0.2) is 19.9 Å². The van der Waals surface area contributed by atoms with Gasteiger partial charge in [-0.1, -0.05) is 0 Å². The van der Waals surface area contributed by atoms with E-state index in [1.54, 1.807) is 6.20 Å². The zero-order valence-electron chi connectivity index (χ0n) is 6.14. The van der Waals surface area contributed by atoms with Gasteiger partial charge < -0.3 is 11.5 Å². The topological polar surface area (TPSA) is 111 Å². The molecule has 0 saturated heterocycles. The lowest BCUT2D eigenvalue weighted by Gasteiger charge is -1.99. The van der Waals surface area contributed by atoms with Crippen LogP contribution in [0.5, 0.6) is 0 Å². The van der Waals surface area contributed by atoms with E-state index in [1.165, 1.54) is 17.2 Å². The molecule has 0 atom stereocenters. The van der Waals surface area contributed by atoms with Gasteiger partial charge in [0, 0.05) is 12.4 Å². The number of hydrogen-bond donors (Lipinski definition) is 3. The van der Waals surface area contributed by atoms with Crippen LogP contribution in [0, 0.1) is 0 Å². The summed E-state index contributed by atoms with van der Waals surface area (Å²) in [6, 6.07) is -0.645. The quantitative estimate of drug-likeness (QED) is 0.362. The number of imidazole rings is 1. The highest BCUT2D eigenvalue weighted by atomic mass is 16.2. The summed E-state index contributed by atoms with van der Waals surface area (Å²) in [6.07, 6.45) is 4.45. The summed E-state index contributed by atoms with van der Waals surface area (Å²) in [6.45, 7) is 0. The van der Waals surface area contributed by atoms with Crippen LogP contribution in [0.15, 0.2) is 23.7 Å². The van der Waals surface area contributed by atoms with Crippen LogP contribution >= 0.6 is 0 Å². The summed E-state index contributed by atoms with van der Waals surface area (Å²) in [5.41, 5.74) is 12.2. The van der Waals surface area contributed by atoms with Crippen molar-refractivity contribution in [2.45, 2.75) is 0 Å². The molecule has 0 aliphatic heterocycles. The lowest BCUT2D eigenvalue weighted by atomic mass is 10.9. The molecule has 12 heavy (non-hydrogen) atoms. The Morgan fingerprint density at radius 2 is 2.33 bits per heavy atom. The molecule has 1 aromatic rings. The predicted octanol–water partition coefficient (Wildman–Crippen LogP) is -1.18. The van der Waals surface area contributed by atoms with Crippen molar-refractivity contribution >= 4 is 12.0 Å². The molecule has 2 amide bonds. The molecule has 5 N–H and O–H groups in total. The monoisotopic (exact) mass is 168 g/mol. The Kier molecular flexibility index (Phi) is 2.26. The van der Waals surface area contributed by atoms with E-state index >= 15 is 0 Å². The van der Waals surface area contributed by atoms with Crippen molar-refractivity contribution in [2.24, 2.45) is 16.5 Å². The number of guanidine groups is 1. The minimum atomic E-state index is -0.645. The molecule has 0 aromatic carbocycles. The summed E-state index contributed by atoms with van der Waals surface area (Å²) < 4.78 is 1.33. The van der Waals surface area contributed by atoms with Crippen LogP contribution in [0.25, 0.3) is 0 Å². The maximum absolute atomic E-state index is 10.8. The smallest absolute Gasteiger partial charge is 0.363 e. The van der Waals surface area contributed by atoms with E-state index in [0.29, 0.717) is 0 Å². The van der Waals surface area contributed by atoms with Gasteiger partial charge in [-0.15, -0.1) is 0 Å². The summed E-state index contributed by atoms with van der Waals surface area (Å²) in [5, 5.41) is 0. The molecule has 0 aliphatic carbocycles. The average Bonchev–Trinajstić information content (AvgIpc) is 2.37. The second-order valence-electron chi connectivity index (χ2n) is 1.92. The van der Waals surface area contributed by atoms with Gasteiger partial charge in [0.2, 0.25) is 0 Å². The molecule has 7 heteroatoms. The average molecular weight is 168 g/mol. The lowest BCUT2D eigenvalue weighted by Crippen LogP contribution is -2.27. The number of amides is 2. The van der Waals surface area contributed by atoms with E-state index in [-0.39, 0.29) is 5.96 Å². The number of nitrogens with zero attached hydrogens (tertiary/aromatic N) is 3. The van der Waals surface area contributed by atoms with Crippen LogP contribution in [0.3, 0.4) is 0 Å². The van der Waals surface area contributed by atoms with Gasteiger partial charge >= 0.3 is 6.03 Å². The van der Waals surface area contributed by atoms with Gasteiger partial charge in [-0.2, -0.15) is 4.99 Å². The van der Waals surface area contributed by atoms with Gasteiger partial charge in [0.05, 0.1) is 0 Å². The van der Waals surface area contributed by atoms with Crippen LogP contribution in [-0.4, -0.2) is 21.7 Å². The molecule has 0 spiro atoms. The summed E-state index contributed by atoms with van der Waals surface area (Å²) >= 11 is 0. The molecule has 1 rings (SSSR count). The predicted molar refractivity (Wildman–Crippen MR) is 42.8 cm³/mol. The van der Waals surface area contributed by atoms with Crippen molar-refractivity contribution in [2.75, 3.05) is 5.43 Å². The Hall–Kier alpha value is -2.05. The van der Waals surface area contributed by atoms with Crippen LogP contribution in [0.1, 0.15) is 0 Å². The normalized spacial score (nSPS) is 9.00. The first-order valence-corrected chi connectivity index (χ1v) is 3.07. The number of carbonyl (C=O) groups is 1.